The van der Waals surface area contributed by atoms with Gasteiger partial charge in [-0.1, -0.05) is 30.3 Å². The molecule has 0 bridgehead atoms. The molecule has 4 nitrogen and oxygen atoms in total. The first-order chi connectivity index (χ1) is 9.78. The first-order valence-corrected chi connectivity index (χ1v) is 7.29. The predicted octanol–water partition coefficient (Wildman–Crippen LogP) is 3.56. The van der Waals surface area contributed by atoms with Gasteiger partial charge in [0.25, 0.3) is 0 Å². The Kier molecular flexibility index (Phi) is 5.20. The van der Waals surface area contributed by atoms with E-state index in [2.05, 4.69) is 15.8 Å². The van der Waals surface area contributed by atoms with Crippen LogP contribution in [0.1, 0.15) is 5.56 Å². The molecule has 2 rings (SSSR count). The van der Waals surface area contributed by atoms with Crippen molar-refractivity contribution in [2.24, 2.45) is 5.10 Å². The first-order valence-electron chi connectivity index (χ1n) is 6.07. The minimum absolute atomic E-state index is 0.367. The van der Waals surface area contributed by atoms with Gasteiger partial charge in [-0.3, -0.25) is 0 Å². The molecule has 0 aromatic heterocycles. The average molecular weight is 285 g/mol. The molecule has 0 heterocycles. The highest BCUT2D eigenvalue weighted by atomic mass is 32.2. The SMILES string of the molecule is CSc1ccc(C=NNC(=O)Nc2ccccc2)cc1. The second kappa shape index (κ2) is 7.35. The molecule has 0 aliphatic heterocycles. The van der Waals surface area contributed by atoms with Crippen LogP contribution in [0.5, 0.6) is 0 Å². The number of carbonyl (C=O) groups is 1. The Labute approximate surface area is 122 Å². The van der Waals surface area contributed by atoms with Crippen molar-refractivity contribution in [2.75, 3.05) is 11.6 Å². The Hall–Kier alpha value is -2.27. The number of hydrogen-bond acceptors (Lipinski definition) is 3. The fourth-order valence-corrected chi connectivity index (χ4v) is 1.94. The molecule has 0 fully saturated rings. The van der Waals surface area contributed by atoms with Gasteiger partial charge >= 0.3 is 6.03 Å². The van der Waals surface area contributed by atoms with Gasteiger partial charge in [0.05, 0.1) is 6.21 Å². The topological polar surface area (TPSA) is 53.5 Å². The predicted molar refractivity (Wildman–Crippen MR) is 84.4 cm³/mol. The van der Waals surface area contributed by atoms with Crippen molar-refractivity contribution >= 4 is 29.7 Å². The number of nitrogens with zero attached hydrogens (tertiary/aromatic N) is 1. The highest BCUT2D eigenvalue weighted by molar-refractivity contribution is 7.98. The number of nitrogens with one attached hydrogen (secondary N) is 2. The zero-order valence-corrected chi connectivity index (χ0v) is 11.9. The van der Waals surface area contributed by atoms with Crippen LogP contribution >= 0.6 is 11.8 Å². The molecule has 102 valence electrons. The molecular weight excluding hydrogens is 270 g/mol. The normalized spacial score (nSPS) is 10.4. The van der Waals surface area contributed by atoms with Crippen molar-refractivity contribution in [1.29, 1.82) is 0 Å². The minimum Gasteiger partial charge on any atom is -0.307 e. The van der Waals surface area contributed by atoms with E-state index in [9.17, 15) is 4.79 Å². The molecule has 0 saturated heterocycles. The maximum atomic E-state index is 11.6. The van der Waals surface area contributed by atoms with Crippen LogP contribution in [-0.4, -0.2) is 18.5 Å². The summed E-state index contributed by atoms with van der Waals surface area (Å²) in [5.74, 6) is 0. The molecule has 0 spiro atoms. The van der Waals surface area contributed by atoms with Crippen LogP contribution in [0.3, 0.4) is 0 Å². The summed E-state index contributed by atoms with van der Waals surface area (Å²) in [4.78, 5) is 12.8. The third kappa shape index (κ3) is 4.44. The molecule has 20 heavy (non-hydrogen) atoms. The zero-order valence-electron chi connectivity index (χ0n) is 11.0. The average Bonchev–Trinajstić information content (AvgIpc) is 2.49. The summed E-state index contributed by atoms with van der Waals surface area (Å²) < 4.78 is 0. The monoisotopic (exact) mass is 285 g/mol. The smallest absolute Gasteiger partial charge is 0.307 e. The molecule has 0 aliphatic carbocycles. The van der Waals surface area contributed by atoms with Crippen LogP contribution in [0.25, 0.3) is 0 Å². The van der Waals surface area contributed by atoms with Crippen LogP contribution in [-0.2, 0) is 0 Å². The number of rotatable bonds is 4. The number of thioether (sulfide) groups is 1. The van der Waals surface area contributed by atoms with Gasteiger partial charge in [0, 0.05) is 10.6 Å². The molecule has 0 aliphatic rings. The van der Waals surface area contributed by atoms with E-state index in [0.717, 1.165) is 11.3 Å². The van der Waals surface area contributed by atoms with Crippen LogP contribution in [0, 0.1) is 0 Å². The van der Waals surface area contributed by atoms with Crippen LogP contribution in [0.15, 0.2) is 64.6 Å². The molecule has 5 heteroatoms. The Morgan fingerprint density at radius 2 is 1.80 bits per heavy atom. The summed E-state index contributed by atoms with van der Waals surface area (Å²) in [5.41, 5.74) is 4.08. The molecule has 2 amide bonds. The summed E-state index contributed by atoms with van der Waals surface area (Å²) in [7, 11) is 0. The van der Waals surface area contributed by atoms with E-state index in [1.54, 1.807) is 18.0 Å². The summed E-state index contributed by atoms with van der Waals surface area (Å²) >= 11 is 1.68. The zero-order chi connectivity index (χ0) is 14.2. The van der Waals surface area contributed by atoms with Gasteiger partial charge in [0.15, 0.2) is 0 Å². The third-order valence-corrected chi connectivity index (χ3v) is 3.27. The Morgan fingerprint density at radius 1 is 1.10 bits per heavy atom. The number of carbonyl (C=O) groups excluding carboxylic acids is 1. The van der Waals surface area contributed by atoms with Crippen molar-refractivity contribution in [3.05, 3.63) is 60.2 Å². The first kappa shape index (κ1) is 14.1. The number of anilines is 1. The van der Waals surface area contributed by atoms with Crippen molar-refractivity contribution in [3.63, 3.8) is 0 Å². The van der Waals surface area contributed by atoms with Gasteiger partial charge in [-0.15, -0.1) is 11.8 Å². The molecule has 0 saturated carbocycles. The van der Waals surface area contributed by atoms with Gasteiger partial charge < -0.3 is 5.32 Å². The lowest BCUT2D eigenvalue weighted by molar-refractivity contribution is 0.252. The van der Waals surface area contributed by atoms with Crippen LogP contribution in [0.2, 0.25) is 0 Å². The third-order valence-electron chi connectivity index (χ3n) is 2.53. The summed E-state index contributed by atoms with van der Waals surface area (Å²) in [6.45, 7) is 0. The van der Waals surface area contributed by atoms with Crippen LogP contribution < -0.4 is 10.7 Å². The number of urea groups is 1. The molecule has 2 aromatic carbocycles. The van der Waals surface area contributed by atoms with E-state index < -0.39 is 0 Å². The molecule has 0 unspecified atom stereocenters. The molecular formula is C15H15N3OS. The van der Waals surface area contributed by atoms with Crippen molar-refractivity contribution in [1.82, 2.24) is 5.43 Å². The van der Waals surface area contributed by atoms with Gasteiger partial charge in [-0.05, 0) is 36.1 Å². The minimum atomic E-state index is -0.367. The lowest BCUT2D eigenvalue weighted by Crippen LogP contribution is -2.24. The molecule has 2 aromatic rings. The molecule has 2 N–H and O–H groups in total. The van der Waals surface area contributed by atoms with Gasteiger partial charge in [-0.2, -0.15) is 5.10 Å². The van der Waals surface area contributed by atoms with E-state index in [0.29, 0.717) is 0 Å². The second-order valence-corrected chi connectivity index (χ2v) is 4.84. The largest absolute Gasteiger partial charge is 0.339 e. The molecule has 0 radical (unpaired) electrons. The maximum Gasteiger partial charge on any atom is 0.339 e. The van der Waals surface area contributed by atoms with E-state index in [-0.39, 0.29) is 6.03 Å². The lowest BCUT2D eigenvalue weighted by atomic mass is 10.2. The van der Waals surface area contributed by atoms with E-state index in [4.69, 9.17) is 0 Å². The standard InChI is InChI=1S/C15H15N3OS/c1-20-14-9-7-12(8-10-14)11-16-18-15(19)17-13-5-3-2-4-6-13/h2-11H,1H3,(H2,17,18,19). The van der Waals surface area contributed by atoms with Crippen LogP contribution in [0.4, 0.5) is 10.5 Å². The number of hydrogen-bond donors (Lipinski definition) is 2. The fraction of sp³-hybridized carbons (Fsp3) is 0.0667. The number of amides is 2. The maximum absolute atomic E-state index is 11.6. The highest BCUT2D eigenvalue weighted by Gasteiger charge is 1.98. The Morgan fingerprint density at radius 3 is 2.45 bits per heavy atom. The Bertz CT molecular complexity index is 582. The number of hydrazone groups is 1. The fourth-order valence-electron chi connectivity index (χ4n) is 1.54. The van der Waals surface area contributed by atoms with Crippen molar-refractivity contribution < 1.29 is 4.79 Å². The highest BCUT2D eigenvalue weighted by Crippen LogP contribution is 2.13. The summed E-state index contributed by atoms with van der Waals surface area (Å²) in [6.07, 6.45) is 3.63. The van der Waals surface area contributed by atoms with E-state index >= 15 is 0 Å². The van der Waals surface area contributed by atoms with Crippen molar-refractivity contribution in [3.8, 4) is 0 Å². The lowest BCUT2D eigenvalue weighted by Gasteiger charge is -2.03. The second-order valence-electron chi connectivity index (χ2n) is 3.96. The van der Waals surface area contributed by atoms with Gasteiger partial charge in [0.1, 0.15) is 0 Å². The van der Waals surface area contributed by atoms with E-state index in [1.165, 1.54) is 4.90 Å². The van der Waals surface area contributed by atoms with E-state index in [1.807, 2.05) is 60.9 Å². The van der Waals surface area contributed by atoms with Gasteiger partial charge in [-0.25, -0.2) is 10.2 Å². The quantitative estimate of drug-likeness (QED) is 0.512. The van der Waals surface area contributed by atoms with Crippen molar-refractivity contribution in [2.45, 2.75) is 4.90 Å². The number of benzene rings is 2. The summed E-state index contributed by atoms with van der Waals surface area (Å²) in [6, 6.07) is 16.8. The Balaban J connectivity index is 1.84. The van der Waals surface area contributed by atoms with Gasteiger partial charge in [0.2, 0.25) is 0 Å². The molecule has 0 atom stereocenters. The summed E-state index contributed by atoms with van der Waals surface area (Å²) in [5, 5.41) is 6.58. The number of para-hydroxylation sites is 1.